The van der Waals surface area contributed by atoms with Gasteiger partial charge in [-0.2, -0.15) is 0 Å². The van der Waals surface area contributed by atoms with Gasteiger partial charge in [-0.3, -0.25) is 9.59 Å². The third-order valence-electron chi connectivity index (χ3n) is 4.19. The number of urea groups is 1. The van der Waals surface area contributed by atoms with Crippen LogP contribution in [0.4, 0.5) is 10.5 Å². The lowest BCUT2D eigenvalue weighted by Gasteiger charge is -2.20. The number of aliphatic carboxylic acids is 1. The molecule has 0 aliphatic carbocycles. The zero-order valence-electron chi connectivity index (χ0n) is 14.3. The number of carboxylic acid groups (broad SMARTS) is 1. The van der Waals surface area contributed by atoms with Crippen LogP contribution in [0, 0.1) is 5.41 Å². The number of benzene rings is 1. The number of nitrogens with zero attached hydrogens (tertiary/aromatic N) is 1. The molecule has 2 N–H and O–H groups in total. The number of anilines is 1. The number of carbonyl (C=O) groups excluding carboxylic acids is 2. The Morgan fingerprint density at radius 3 is 2.52 bits per heavy atom. The number of amides is 2. The predicted molar refractivity (Wildman–Crippen MR) is 89.5 cm³/mol. The number of hydrogen-bond donors (Lipinski definition) is 2. The largest absolute Gasteiger partial charge is 0.493 e. The summed E-state index contributed by atoms with van der Waals surface area (Å²) in [5.41, 5.74) is -0.316. The first-order chi connectivity index (χ1) is 11.8. The van der Waals surface area contributed by atoms with E-state index in [0.717, 1.165) is 0 Å². The van der Waals surface area contributed by atoms with Crippen molar-refractivity contribution in [2.75, 3.05) is 32.1 Å². The molecule has 1 heterocycles. The maximum atomic E-state index is 12.2. The van der Waals surface area contributed by atoms with Gasteiger partial charge in [0.2, 0.25) is 0 Å². The first-order valence-electron chi connectivity index (χ1n) is 7.93. The molecular formula is C17H22N2O6. The smallest absolute Gasteiger partial charge is 0.321 e. The molecule has 0 saturated carbocycles. The summed E-state index contributed by atoms with van der Waals surface area (Å²) in [5.74, 6) is -0.666. The van der Waals surface area contributed by atoms with Crippen molar-refractivity contribution in [3.05, 3.63) is 24.3 Å². The number of carboxylic acids is 1. The number of rotatable bonds is 6. The Morgan fingerprint density at radius 2 is 1.96 bits per heavy atom. The molecule has 0 aromatic heterocycles. The summed E-state index contributed by atoms with van der Waals surface area (Å²) >= 11 is 0. The molecule has 1 saturated heterocycles. The third-order valence-corrected chi connectivity index (χ3v) is 4.19. The molecule has 8 heteroatoms. The molecule has 1 unspecified atom stereocenters. The first kappa shape index (κ1) is 18.6. The lowest BCUT2D eigenvalue weighted by molar-refractivity contribution is -0.147. The van der Waals surface area contributed by atoms with E-state index in [1.54, 1.807) is 31.2 Å². The van der Waals surface area contributed by atoms with Crippen LogP contribution in [0.25, 0.3) is 0 Å². The number of methoxy groups -OCH3 is 1. The van der Waals surface area contributed by atoms with Crippen molar-refractivity contribution in [1.29, 1.82) is 0 Å². The summed E-state index contributed by atoms with van der Waals surface area (Å²) < 4.78 is 9.92. The summed E-state index contributed by atoms with van der Waals surface area (Å²) in [5, 5.41) is 11.9. The minimum absolute atomic E-state index is 0.159. The zero-order valence-corrected chi connectivity index (χ0v) is 14.3. The van der Waals surface area contributed by atoms with Crippen molar-refractivity contribution >= 4 is 23.7 Å². The van der Waals surface area contributed by atoms with Crippen molar-refractivity contribution in [2.24, 2.45) is 5.41 Å². The van der Waals surface area contributed by atoms with Crippen molar-refractivity contribution in [2.45, 2.75) is 19.8 Å². The van der Waals surface area contributed by atoms with Crippen molar-refractivity contribution in [3.63, 3.8) is 0 Å². The minimum atomic E-state index is -0.894. The Morgan fingerprint density at radius 1 is 1.28 bits per heavy atom. The molecule has 136 valence electrons. The molecule has 0 radical (unpaired) electrons. The minimum Gasteiger partial charge on any atom is -0.493 e. The molecule has 0 spiro atoms. The van der Waals surface area contributed by atoms with Gasteiger partial charge in [-0.1, -0.05) is 0 Å². The number of esters is 1. The Balaban J connectivity index is 1.84. The van der Waals surface area contributed by atoms with Gasteiger partial charge >= 0.3 is 18.0 Å². The second kappa shape index (κ2) is 7.87. The average Bonchev–Trinajstić information content (AvgIpc) is 3.00. The lowest BCUT2D eigenvalue weighted by Crippen LogP contribution is -2.37. The molecule has 8 nitrogen and oxygen atoms in total. The van der Waals surface area contributed by atoms with E-state index in [0.29, 0.717) is 24.4 Å². The Bertz CT molecular complexity index is 645. The van der Waals surface area contributed by atoms with E-state index in [9.17, 15) is 19.5 Å². The molecule has 2 amide bonds. The molecule has 1 aliphatic heterocycles. The number of nitrogens with one attached hydrogen (secondary N) is 1. The van der Waals surface area contributed by atoms with Gasteiger partial charge in [0, 0.05) is 18.8 Å². The van der Waals surface area contributed by atoms with Crippen LogP contribution >= 0.6 is 0 Å². The Kier molecular flexibility index (Phi) is 5.84. The highest BCUT2D eigenvalue weighted by molar-refractivity contribution is 5.90. The molecule has 1 aromatic rings. The van der Waals surface area contributed by atoms with E-state index in [1.807, 2.05) is 0 Å². The van der Waals surface area contributed by atoms with Gasteiger partial charge in [0.25, 0.3) is 0 Å². The fourth-order valence-corrected chi connectivity index (χ4v) is 2.50. The second-order valence-electron chi connectivity index (χ2n) is 6.17. The molecular weight excluding hydrogens is 328 g/mol. The van der Waals surface area contributed by atoms with Gasteiger partial charge in [-0.05, 0) is 37.6 Å². The van der Waals surface area contributed by atoms with Crippen LogP contribution in [0.2, 0.25) is 0 Å². The van der Waals surface area contributed by atoms with Crippen molar-refractivity contribution < 1.29 is 29.0 Å². The monoisotopic (exact) mass is 350 g/mol. The van der Waals surface area contributed by atoms with E-state index in [1.165, 1.54) is 12.0 Å². The highest BCUT2D eigenvalue weighted by atomic mass is 16.5. The topological polar surface area (TPSA) is 105 Å². The fourth-order valence-electron chi connectivity index (χ4n) is 2.50. The first-order valence-corrected chi connectivity index (χ1v) is 7.93. The van der Waals surface area contributed by atoms with Crippen molar-refractivity contribution in [1.82, 2.24) is 4.90 Å². The predicted octanol–water partition coefficient (Wildman–Crippen LogP) is 1.96. The Labute approximate surface area is 145 Å². The molecule has 1 atom stereocenters. The highest BCUT2D eigenvalue weighted by Gasteiger charge is 2.42. The third kappa shape index (κ3) is 4.85. The molecule has 25 heavy (non-hydrogen) atoms. The van der Waals surface area contributed by atoms with Crippen LogP contribution in [-0.2, 0) is 14.3 Å². The number of hydrogen-bond acceptors (Lipinski definition) is 5. The zero-order chi connectivity index (χ0) is 18.4. The van der Waals surface area contributed by atoms with Crippen LogP contribution in [0.15, 0.2) is 24.3 Å². The fraction of sp³-hybridized carbons (Fsp3) is 0.471. The molecule has 2 rings (SSSR count). The SMILES string of the molecule is COC(=O)CCOc1ccc(NC(=O)N2CCC(C)(C(=O)O)C2)cc1. The number of carbonyl (C=O) groups is 3. The van der Waals surface area contributed by atoms with Crippen LogP contribution < -0.4 is 10.1 Å². The van der Waals surface area contributed by atoms with Crippen LogP contribution in [0.3, 0.4) is 0 Å². The normalized spacial score (nSPS) is 19.4. The van der Waals surface area contributed by atoms with E-state index >= 15 is 0 Å². The average molecular weight is 350 g/mol. The van der Waals surface area contributed by atoms with Gasteiger partial charge in [0.05, 0.1) is 25.6 Å². The molecule has 1 fully saturated rings. The van der Waals surface area contributed by atoms with E-state index in [4.69, 9.17) is 4.74 Å². The standard InChI is InChI=1S/C17H22N2O6/c1-17(15(21)22)8-9-19(11-17)16(23)18-12-3-5-13(6-4-12)25-10-7-14(20)24-2/h3-6H,7-11H2,1-2H3,(H,18,23)(H,21,22). The van der Waals surface area contributed by atoms with Gasteiger partial charge < -0.3 is 24.8 Å². The van der Waals surface area contributed by atoms with Crippen molar-refractivity contribution in [3.8, 4) is 5.75 Å². The van der Waals surface area contributed by atoms with Crippen LogP contribution in [0.1, 0.15) is 19.8 Å². The summed E-state index contributed by atoms with van der Waals surface area (Å²) in [6.07, 6.45) is 0.592. The summed E-state index contributed by atoms with van der Waals surface area (Å²) in [4.78, 5) is 36.0. The number of likely N-dealkylation sites (tertiary alicyclic amines) is 1. The van der Waals surface area contributed by atoms with Crippen LogP contribution in [-0.4, -0.2) is 54.8 Å². The van der Waals surface area contributed by atoms with E-state index < -0.39 is 11.4 Å². The maximum absolute atomic E-state index is 12.2. The number of ether oxygens (including phenoxy) is 2. The quantitative estimate of drug-likeness (QED) is 0.760. The van der Waals surface area contributed by atoms with Gasteiger partial charge in [0.15, 0.2) is 0 Å². The maximum Gasteiger partial charge on any atom is 0.321 e. The Hall–Kier alpha value is -2.77. The van der Waals surface area contributed by atoms with E-state index in [2.05, 4.69) is 10.1 Å². The van der Waals surface area contributed by atoms with E-state index in [-0.39, 0.29) is 31.6 Å². The highest BCUT2D eigenvalue weighted by Crippen LogP contribution is 2.30. The van der Waals surface area contributed by atoms with Crippen LogP contribution in [0.5, 0.6) is 5.75 Å². The van der Waals surface area contributed by atoms with Gasteiger partial charge in [-0.25, -0.2) is 4.79 Å². The van der Waals surface area contributed by atoms with Gasteiger partial charge in [-0.15, -0.1) is 0 Å². The molecule has 0 bridgehead atoms. The summed E-state index contributed by atoms with van der Waals surface area (Å²) in [6, 6.07) is 6.39. The second-order valence-corrected chi connectivity index (χ2v) is 6.17. The summed E-state index contributed by atoms with van der Waals surface area (Å²) in [6.45, 7) is 2.44. The molecule has 1 aliphatic rings. The lowest BCUT2D eigenvalue weighted by atomic mass is 9.90. The molecule has 1 aromatic carbocycles. The summed E-state index contributed by atoms with van der Waals surface area (Å²) in [7, 11) is 1.32. The van der Waals surface area contributed by atoms with Gasteiger partial charge in [0.1, 0.15) is 5.75 Å².